The summed E-state index contributed by atoms with van der Waals surface area (Å²) >= 11 is 0. The first-order valence-electron chi connectivity index (χ1n) is 5.85. The lowest BCUT2D eigenvalue weighted by atomic mass is 9.84. The average Bonchev–Trinajstić information content (AvgIpc) is 2.12. The molecular weight excluding hydrogens is 216 g/mol. The lowest BCUT2D eigenvalue weighted by Gasteiger charge is -2.30. The van der Waals surface area contributed by atoms with E-state index in [9.17, 15) is 4.79 Å². The Bertz CT molecular complexity index is 293. The maximum Gasteiger partial charge on any atom is 0.365 e. The highest BCUT2D eigenvalue weighted by molar-refractivity contribution is 5.81. The molecule has 17 heavy (non-hydrogen) atoms. The molecule has 0 aliphatic rings. The first-order valence-corrected chi connectivity index (χ1v) is 5.85. The van der Waals surface area contributed by atoms with Gasteiger partial charge in [0.15, 0.2) is 0 Å². The van der Waals surface area contributed by atoms with Gasteiger partial charge in [0.05, 0.1) is 0 Å². The lowest BCUT2D eigenvalue weighted by molar-refractivity contribution is -0.326. The minimum Gasteiger partial charge on any atom is -0.293 e. The Labute approximate surface area is 104 Å². The number of hydrogen-bond donors (Lipinski definition) is 0. The number of allylic oxidation sites excluding steroid dienone is 3. The van der Waals surface area contributed by atoms with Crippen molar-refractivity contribution >= 4 is 5.97 Å². The Morgan fingerprint density at radius 1 is 1.12 bits per heavy atom. The zero-order chi connectivity index (χ0) is 13.5. The second kappa shape index (κ2) is 6.60. The van der Waals surface area contributed by atoms with E-state index in [0.29, 0.717) is 0 Å². The predicted molar refractivity (Wildman–Crippen MR) is 69.3 cm³/mol. The van der Waals surface area contributed by atoms with Gasteiger partial charge in [0, 0.05) is 6.08 Å². The van der Waals surface area contributed by atoms with Crippen LogP contribution in [0, 0.1) is 5.41 Å². The van der Waals surface area contributed by atoms with E-state index in [1.54, 1.807) is 12.2 Å². The van der Waals surface area contributed by atoms with Gasteiger partial charge in [-0.05, 0) is 32.6 Å². The molecule has 3 heteroatoms. The van der Waals surface area contributed by atoms with Crippen LogP contribution in [0.5, 0.6) is 0 Å². The van der Waals surface area contributed by atoms with Crippen molar-refractivity contribution in [3.8, 4) is 0 Å². The molecule has 0 aliphatic carbocycles. The van der Waals surface area contributed by atoms with E-state index in [1.807, 2.05) is 26.8 Å². The van der Waals surface area contributed by atoms with Crippen LogP contribution in [0.15, 0.2) is 24.3 Å². The largest absolute Gasteiger partial charge is 0.365 e. The predicted octanol–water partition coefficient (Wildman–Crippen LogP) is 3.81. The SMILES string of the molecule is C/C=C/C=C/C(=O)OOC(C)(C)CC(C)(C)C. The van der Waals surface area contributed by atoms with Crippen molar-refractivity contribution in [1.29, 1.82) is 0 Å². The van der Waals surface area contributed by atoms with Gasteiger partial charge < -0.3 is 0 Å². The van der Waals surface area contributed by atoms with Crippen LogP contribution in [0.25, 0.3) is 0 Å². The number of rotatable bonds is 5. The third-order valence-electron chi connectivity index (χ3n) is 1.84. The summed E-state index contributed by atoms with van der Waals surface area (Å²) in [6.45, 7) is 12.0. The van der Waals surface area contributed by atoms with Crippen molar-refractivity contribution in [3.05, 3.63) is 24.3 Å². The van der Waals surface area contributed by atoms with Gasteiger partial charge in [0.1, 0.15) is 5.60 Å². The fourth-order valence-corrected chi connectivity index (χ4v) is 1.73. The Morgan fingerprint density at radius 3 is 2.18 bits per heavy atom. The van der Waals surface area contributed by atoms with Crippen molar-refractivity contribution in [1.82, 2.24) is 0 Å². The molecule has 0 aromatic heterocycles. The van der Waals surface area contributed by atoms with Crippen LogP contribution in [-0.4, -0.2) is 11.6 Å². The molecule has 0 rings (SSSR count). The van der Waals surface area contributed by atoms with E-state index in [2.05, 4.69) is 20.8 Å². The average molecular weight is 240 g/mol. The molecule has 0 saturated carbocycles. The summed E-state index contributed by atoms with van der Waals surface area (Å²) < 4.78 is 0. The molecule has 0 fully saturated rings. The van der Waals surface area contributed by atoms with Gasteiger partial charge in [-0.25, -0.2) is 4.79 Å². The zero-order valence-electron chi connectivity index (χ0n) is 11.7. The molecule has 0 radical (unpaired) electrons. The number of hydrogen-bond acceptors (Lipinski definition) is 3. The molecule has 0 bridgehead atoms. The molecule has 0 saturated heterocycles. The molecule has 0 aromatic carbocycles. The summed E-state index contributed by atoms with van der Waals surface area (Å²) in [6, 6.07) is 0. The Morgan fingerprint density at radius 2 is 1.71 bits per heavy atom. The first kappa shape index (κ1) is 15.9. The van der Waals surface area contributed by atoms with Gasteiger partial charge in [0.25, 0.3) is 0 Å². The highest BCUT2D eigenvalue weighted by atomic mass is 17.2. The minimum atomic E-state index is -0.495. The first-order chi connectivity index (χ1) is 7.66. The molecule has 0 amide bonds. The van der Waals surface area contributed by atoms with Crippen LogP contribution in [0.4, 0.5) is 0 Å². The molecule has 0 heterocycles. The second-order valence-electron chi connectivity index (χ2n) is 5.87. The van der Waals surface area contributed by atoms with Crippen LogP contribution in [0.2, 0.25) is 0 Å². The quantitative estimate of drug-likeness (QED) is 0.317. The topological polar surface area (TPSA) is 35.5 Å². The lowest BCUT2D eigenvalue weighted by Crippen LogP contribution is -2.31. The molecule has 0 unspecified atom stereocenters. The molecule has 0 aromatic rings. The molecule has 3 nitrogen and oxygen atoms in total. The van der Waals surface area contributed by atoms with E-state index in [0.717, 1.165) is 6.42 Å². The zero-order valence-corrected chi connectivity index (χ0v) is 11.7. The minimum absolute atomic E-state index is 0.122. The molecule has 0 spiro atoms. The normalized spacial score (nSPS) is 13.5. The molecule has 0 N–H and O–H groups in total. The summed E-state index contributed by atoms with van der Waals surface area (Å²) in [4.78, 5) is 21.2. The van der Waals surface area contributed by atoms with Crippen LogP contribution < -0.4 is 0 Å². The van der Waals surface area contributed by atoms with Crippen LogP contribution in [0.3, 0.4) is 0 Å². The van der Waals surface area contributed by atoms with Crippen LogP contribution >= 0.6 is 0 Å². The summed E-state index contributed by atoms with van der Waals surface area (Å²) in [5, 5.41) is 0. The van der Waals surface area contributed by atoms with Crippen LogP contribution in [-0.2, 0) is 14.6 Å². The maximum atomic E-state index is 11.3. The van der Waals surface area contributed by atoms with E-state index < -0.39 is 11.6 Å². The fraction of sp³-hybridized carbons (Fsp3) is 0.643. The number of carbonyl (C=O) groups is 1. The van der Waals surface area contributed by atoms with Crippen molar-refractivity contribution in [3.63, 3.8) is 0 Å². The van der Waals surface area contributed by atoms with Gasteiger partial charge >= 0.3 is 5.97 Å². The number of carbonyl (C=O) groups excluding carboxylic acids is 1. The Kier molecular flexibility index (Phi) is 6.18. The third kappa shape index (κ3) is 9.82. The van der Waals surface area contributed by atoms with E-state index in [4.69, 9.17) is 9.78 Å². The fourth-order valence-electron chi connectivity index (χ4n) is 1.73. The summed E-state index contributed by atoms with van der Waals surface area (Å²) in [6.07, 6.45) is 7.32. The van der Waals surface area contributed by atoms with Crippen molar-refractivity contribution in [2.24, 2.45) is 5.41 Å². The Hall–Kier alpha value is -1.09. The van der Waals surface area contributed by atoms with Gasteiger partial charge in [-0.15, -0.1) is 0 Å². The van der Waals surface area contributed by atoms with Gasteiger partial charge in [-0.2, -0.15) is 4.89 Å². The van der Waals surface area contributed by atoms with Crippen LogP contribution in [0.1, 0.15) is 48.0 Å². The summed E-state index contributed by atoms with van der Waals surface area (Å²) in [7, 11) is 0. The molecule has 0 aliphatic heterocycles. The molecular formula is C14H24O3. The van der Waals surface area contributed by atoms with Crippen molar-refractivity contribution < 1.29 is 14.6 Å². The maximum absolute atomic E-state index is 11.3. The standard InChI is InChI=1S/C14H24O3/c1-7-8-9-10-12(15)16-17-14(5,6)11-13(2,3)4/h7-10H,11H2,1-6H3/b8-7+,10-9+. The van der Waals surface area contributed by atoms with Gasteiger partial charge in [-0.3, -0.25) is 4.89 Å². The van der Waals surface area contributed by atoms with Crippen molar-refractivity contribution in [2.45, 2.75) is 53.6 Å². The molecule has 0 atom stereocenters. The van der Waals surface area contributed by atoms with Crippen molar-refractivity contribution in [2.75, 3.05) is 0 Å². The van der Waals surface area contributed by atoms with Gasteiger partial charge in [0.2, 0.25) is 0 Å². The van der Waals surface area contributed by atoms with E-state index in [-0.39, 0.29) is 5.41 Å². The second-order valence-corrected chi connectivity index (χ2v) is 5.87. The van der Waals surface area contributed by atoms with Gasteiger partial charge in [-0.1, -0.05) is 39.0 Å². The van der Waals surface area contributed by atoms with E-state index >= 15 is 0 Å². The summed E-state index contributed by atoms with van der Waals surface area (Å²) in [5.74, 6) is -0.495. The smallest absolute Gasteiger partial charge is 0.293 e. The van der Waals surface area contributed by atoms with E-state index in [1.165, 1.54) is 6.08 Å². The molecule has 98 valence electrons. The third-order valence-corrected chi connectivity index (χ3v) is 1.84. The monoisotopic (exact) mass is 240 g/mol. The highest BCUT2D eigenvalue weighted by Gasteiger charge is 2.28. The Balaban J connectivity index is 4.14. The summed E-state index contributed by atoms with van der Waals surface area (Å²) in [5.41, 5.74) is -0.362. The highest BCUT2D eigenvalue weighted by Crippen LogP contribution is 2.29.